The van der Waals surface area contributed by atoms with Crippen molar-refractivity contribution in [2.75, 3.05) is 13.2 Å². The number of carbonyl (C=O) groups excluding carboxylic acids is 2. The van der Waals surface area contributed by atoms with E-state index in [4.69, 9.17) is 0 Å². The second-order valence-corrected chi connectivity index (χ2v) is 6.47. The normalized spacial score (nSPS) is 17.4. The molecule has 0 N–H and O–H groups in total. The van der Waals surface area contributed by atoms with Gasteiger partial charge in [0.15, 0.2) is 10.1 Å². The number of hydrogen-bond acceptors (Lipinski definition) is 11. The van der Waals surface area contributed by atoms with Gasteiger partial charge in [0.1, 0.15) is 13.2 Å². The summed E-state index contributed by atoms with van der Waals surface area (Å²) >= 11 is -1.52. The highest BCUT2D eigenvalue weighted by atomic mass is 32.2. The zero-order valence-electron chi connectivity index (χ0n) is 12.3. The molecule has 0 saturated heterocycles. The van der Waals surface area contributed by atoms with E-state index in [0.717, 1.165) is 0 Å². The fourth-order valence-electron chi connectivity index (χ4n) is 1.07. The molecule has 0 aliphatic heterocycles. The Labute approximate surface area is 152 Å². The monoisotopic (exact) mass is 476 g/mol. The molecule has 0 bridgehead atoms. The molecule has 0 aromatic carbocycles. The summed E-state index contributed by atoms with van der Waals surface area (Å²) in [5, 5.41) is 0.669. The van der Waals surface area contributed by atoms with Gasteiger partial charge < -0.3 is 19.3 Å². The first-order valence-electron chi connectivity index (χ1n) is 5.81. The summed E-state index contributed by atoms with van der Waals surface area (Å²) in [4.78, 5) is 22.0. The third kappa shape index (κ3) is 5.53. The summed E-state index contributed by atoms with van der Waals surface area (Å²) < 4.78 is 142. The summed E-state index contributed by atoms with van der Waals surface area (Å²) in [6, 6.07) is 0. The average molecular weight is 476 g/mol. The topological polar surface area (TPSA) is 151 Å². The van der Waals surface area contributed by atoms with Crippen LogP contribution in [0, 0.1) is 0 Å². The van der Waals surface area contributed by atoms with E-state index in [1.54, 1.807) is 0 Å². The Morgan fingerprint density at radius 2 is 1.29 bits per heavy atom. The van der Waals surface area contributed by atoms with Gasteiger partial charge in [0.05, 0.1) is 12.0 Å². The van der Waals surface area contributed by atoms with E-state index in [1.807, 2.05) is 0 Å². The van der Waals surface area contributed by atoms with Crippen LogP contribution in [0.4, 0.5) is 35.1 Å². The Balaban J connectivity index is 5.06. The average Bonchev–Trinajstić information content (AvgIpc) is 2.51. The molecule has 0 spiro atoms. The molecule has 0 saturated carbocycles. The molecular weight excluding hydrogens is 472 g/mol. The molecule has 20 heteroatoms. The maximum absolute atomic E-state index is 13.5. The second-order valence-electron chi connectivity index (χ2n) is 4.13. The van der Waals surface area contributed by atoms with Gasteiger partial charge in [0.2, 0.25) is 0 Å². The number of ether oxygens (including phenoxy) is 2. The predicted molar refractivity (Wildman–Crippen MR) is 61.2 cm³/mol. The van der Waals surface area contributed by atoms with Gasteiger partial charge in [-0.1, -0.05) is 0 Å². The first-order chi connectivity index (χ1) is 12.4. The molecule has 2 atom stereocenters. The number of rotatable bonds is 9. The SMILES string of the molecule is O=C(OCCOC(=O)C(F)(C(F)(F)F)S(=O)(=O)[O-])C(F)(SOO[O-])C(F)(F)F. The molecule has 0 aromatic heterocycles. The lowest BCUT2D eigenvalue weighted by Gasteiger charge is -2.28. The number of carbonyl (C=O) groups is 2. The van der Waals surface area contributed by atoms with E-state index in [1.165, 1.54) is 0 Å². The van der Waals surface area contributed by atoms with Crippen LogP contribution in [0.3, 0.4) is 0 Å². The minimum atomic E-state index is -7.02. The highest BCUT2D eigenvalue weighted by molar-refractivity contribution is 7.96. The maximum atomic E-state index is 13.5. The van der Waals surface area contributed by atoms with Crippen LogP contribution in [-0.4, -0.2) is 60.5 Å². The molecular formula is C8H4F8O10S2-2. The summed E-state index contributed by atoms with van der Waals surface area (Å²) in [7, 11) is -7.02. The molecule has 10 nitrogen and oxygen atoms in total. The predicted octanol–water partition coefficient (Wildman–Crippen LogP) is -0.0541. The first-order valence-corrected chi connectivity index (χ1v) is 7.96. The smallest absolute Gasteiger partial charge is 0.447 e. The molecule has 0 heterocycles. The number of halogens is 8. The fourth-order valence-corrected chi connectivity index (χ4v) is 1.96. The van der Waals surface area contributed by atoms with Gasteiger partial charge in [-0.2, -0.15) is 30.7 Å². The standard InChI is InChI=1S/C8H6F8O10S2/c9-5(7(11,12)13,27-26-25-19)3(17)23-1-2-24-4(18)6(10,8(14,15)16)28(20,21)22/h19H,1-2H2,(H,20,21,22)/p-2. The first kappa shape index (κ1) is 26.5. The molecule has 0 aliphatic carbocycles. The minimum absolute atomic E-state index is 1.52. The Morgan fingerprint density at radius 3 is 1.61 bits per heavy atom. The molecule has 0 amide bonds. The largest absolute Gasteiger partial charge is 0.745 e. The zero-order chi connectivity index (χ0) is 22.6. The third-order valence-electron chi connectivity index (χ3n) is 2.33. The van der Waals surface area contributed by atoms with Crippen molar-refractivity contribution in [3.8, 4) is 0 Å². The molecule has 166 valence electrons. The van der Waals surface area contributed by atoms with Crippen molar-refractivity contribution in [2.45, 2.75) is 22.4 Å². The van der Waals surface area contributed by atoms with Gasteiger partial charge in [-0.15, -0.1) is 0 Å². The van der Waals surface area contributed by atoms with E-state index in [2.05, 4.69) is 18.8 Å². The van der Waals surface area contributed by atoms with Crippen molar-refractivity contribution in [1.29, 1.82) is 0 Å². The van der Waals surface area contributed by atoms with Crippen LogP contribution in [0.2, 0.25) is 0 Å². The van der Waals surface area contributed by atoms with Crippen LogP contribution in [0.25, 0.3) is 0 Å². The number of hydrogen-bond donors (Lipinski definition) is 0. The molecule has 0 aliphatic rings. The van der Waals surface area contributed by atoms with Gasteiger partial charge in [0.25, 0.3) is 0 Å². The lowest BCUT2D eigenvalue weighted by molar-refractivity contribution is -0.777. The van der Waals surface area contributed by atoms with Crippen molar-refractivity contribution in [3.05, 3.63) is 0 Å². The molecule has 0 fully saturated rings. The van der Waals surface area contributed by atoms with Gasteiger partial charge >= 0.3 is 34.3 Å². The number of esters is 2. The number of alkyl halides is 8. The Bertz CT molecular complexity index is 678. The molecule has 0 radical (unpaired) electrons. The van der Waals surface area contributed by atoms with Gasteiger partial charge in [-0.3, -0.25) is 5.04 Å². The highest BCUT2D eigenvalue weighted by Crippen LogP contribution is 2.44. The quantitative estimate of drug-likeness (QED) is 0.0838. The summed E-state index contributed by atoms with van der Waals surface area (Å²) in [5.74, 6) is -6.22. The molecule has 0 aromatic rings. The van der Waals surface area contributed by atoms with Crippen LogP contribution in [0.1, 0.15) is 0 Å². The Morgan fingerprint density at radius 1 is 0.857 bits per heavy atom. The zero-order valence-corrected chi connectivity index (χ0v) is 14.0. The maximum Gasteiger partial charge on any atom is 0.447 e. The van der Waals surface area contributed by atoms with Crippen molar-refractivity contribution in [3.63, 3.8) is 0 Å². The van der Waals surface area contributed by atoms with Crippen molar-refractivity contribution < 1.29 is 81.8 Å². The minimum Gasteiger partial charge on any atom is -0.745 e. The van der Waals surface area contributed by atoms with Crippen LogP contribution in [0.5, 0.6) is 0 Å². The molecule has 0 rings (SSSR count). The van der Waals surface area contributed by atoms with E-state index < -0.39 is 69.7 Å². The van der Waals surface area contributed by atoms with Crippen LogP contribution < -0.4 is 5.26 Å². The lowest BCUT2D eigenvalue weighted by Crippen LogP contribution is -2.55. The van der Waals surface area contributed by atoms with Crippen molar-refractivity contribution >= 4 is 34.1 Å². The Hall–Kier alpha value is -1.48. The van der Waals surface area contributed by atoms with Gasteiger partial charge in [0, 0.05) is 0 Å². The second kappa shape index (κ2) is 8.90. The van der Waals surface area contributed by atoms with Crippen molar-refractivity contribution in [2.24, 2.45) is 0 Å². The van der Waals surface area contributed by atoms with E-state index >= 15 is 0 Å². The van der Waals surface area contributed by atoms with Gasteiger partial charge in [-0.05, 0) is 0 Å². The molecule has 2 unspecified atom stereocenters. The van der Waals surface area contributed by atoms with Crippen LogP contribution >= 0.6 is 12.0 Å². The van der Waals surface area contributed by atoms with Gasteiger partial charge in [-0.25, -0.2) is 26.8 Å². The highest BCUT2D eigenvalue weighted by Gasteiger charge is 2.69. The lowest BCUT2D eigenvalue weighted by atomic mass is 10.3. The summed E-state index contributed by atoms with van der Waals surface area (Å²) in [6.07, 6.45) is -12.7. The third-order valence-corrected chi connectivity index (χ3v) is 4.16. The van der Waals surface area contributed by atoms with E-state index in [0.29, 0.717) is 0 Å². The summed E-state index contributed by atoms with van der Waals surface area (Å²) in [6.45, 7) is -3.41. The summed E-state index contributed by atoms with van der Waals surface area (Å²) in [5.41, 5.74) is 0. The van der Waals surface area contributed by atoms with Crippen LogP contribution in [0.15, 0.2) is 0 Å². The van der Waals surface area contributed by atoms with Crippen molar-refractivity contribution in [1.82, 2.24) is 0 Å². The fraction of sp³-hybridized carbons (Fsp3) is 0.750. The molecule has 28 heavy (non-hydrogen) atoms. The Kier molecular flexibility index (Phi) is 8.43. The van der Waals surface area contributed by atoms with E-state index in [-0.39, 0.29) is 0 Å². The van der Waals surface area contributed by atoms with E-state index in [9.17, 15) is 62.9 Å². The van der Waals surface area contributed by atoms with Crippen LogP contribution in [-0.2, 0) is 38.6 Å².